The SMILES string of the molecule is CCC(c1ccccc1-c1cc(-c2ccc3c(c2)c2ccccc2n3-c2ccccc2)ccc1C)c1cccc2c1-c1ccccc1C2(c1ccccc1)c1ccccc1. The number of aryl methyl sites for hydroxylation is 1. The summed E-state index contributed by atoms with van der Waals surface area (Å²) in [5, 5.41) is 2.53. The van der Waals surface area contributed by atoms with Crippen LogP contribution in [0.25, 0.3) is 60.9 Å². The van der Waals surface area contributed by atoms with Gasteiger partial charge < -0.3 is 4.57 Å². The topological polar surface area (TPSA) is 4.93 Å². The van der Waals surface area contributed by atoms with Gasteiger partial charge >= 0.3 is 0 Å². The van der Waals surface area contributed by atoms with Crippen LogP contribution in [0.2, 0.25) is 0 Å². The van der Waals surface area contributed by atoms with Crippen LogP contribution >= 0.6 is 0 Å². The monoisotopic (exact) mass is 767 g/mol. The summed E-state index contributed by atoms with van der Waals surface area (Å²) in [7, 11) is 0. The number of para-hydroxylation sites is 2. The molecule has 1 aliphatic rings. The molecule has 286 valence electrons. The first-order valence-electron chi connectivity index (χ1n) is 21.3. The Morgan fingerprint density at radius 3 is 1.75 bits per heavy atom. The van der Waals surface area contributed by atoms with Crippen LogP contribution in [0.1, 0.15) is 58.2 Å². The molecular weight excluding hydrogens is 723 g/mol. The van der Waals surface area contributed by atoms with Gasteiger partial charge in [0.25, 0.3) is 0 Å². The number of rotatable bonds is 8. The van der Waals surface area contributed by atoms with E-state index in [4.69, 9.17) is 0 Å². The van der Waals surface area contributed by atoms with Crippen LogP contribution in [-0.2, 0) is 5.41 Å². The normalized spacial score (nSPS) is 13.3. The van der Waals surface area contributed by atoms with Crippen molar-refractivity contribution in [2.24, 2.45) is 0 Å². The average molecular weight is 768 g/mol. The summed E-state index contributed by atoms with van der Waals surface area (Å²) in [4.78, 5) is 0. The van der Waals surface area contributed by atoms with Crippen LogP contribution in [0.3, 0.4) is 0 Å². The van der Waals surface area contributed by atoms with Gasteiger partial charge in [0.05, 0.1) is 16.4 Å². The van der Waals surface area contributed by atoms with Crippen molar-refractivity contribution in [3.05, 3.63) is 257 Å². The maximum atomic E-state index is 2.43. The van der Waals surface area contributed by atoms with E-state index in [9.17, 15) is 0 Å². The summed E-state index contributed by atoms with van der Waals surface area (Å²) in [5.74, 6) is 0.176. The zero-order valence-electron chi connectivity index (χ0n) is 34.0. The minimum atomic E-state index is -0.429. The van der Waals surface area contributed by atoms with Gasteiger partial charge in [0.15, 0.2) is 0 Å². The minimum absolute atomic E-state index is 0.176. The van der Waals surface area contributed by atoms with Crippen molar-refractivity contribution in [1.82, 2.24) is 4.57 Å². The van der Waals surface area contributed by atoms with Crippen molar-refractivity contribution in [1.29, 1.82) is 0 Å². The Morgan fingerprint density at radius 1 is 0.433 bits per heavy atom. The lowest BCUT2D eigenvalue weighted by Gasteiger charge is -2.34. The molecule has 9 aromatic carbocycles. The highest BCUT2D eigenvalue weighted by molar-refractivity contribution is 6.10. The molecule has 1 atom stereocenters. The van der Waals surface area contributed by atoms with E-state index in [1.54, 1.807) is 0 Å². The van der Waals surface area contributed by atoms with Crippen molar-refractivity contribution in [3.8, 4) is 39.1 Å². The maximum absolute atomic E-state index is 2.43. The highest BCUT2D eigenvalue weighted by Crippen LogP contribution is 2.58. The van der Waals surface area contributed by atoms with E-state index in [0.717, 1.165) is 6.42 Å². The fourth-order valence-corrected chi connectivity index (χ4v) is 10.6. The molecule has 1 heteroatoms. The molecule has 1 unspecified atom stereocenters. The van der Waals surface area contributed by atoms with Crippen LogP contribution < -0.4 is 0 Å². The van der Waals surface area contributed by atoms with E-state index in [1.807, 2.05) is 0 Å². The van der Waals surface area contributed by atoms with E-state index in [-0.39, 0.29) is 5.92 Å². The van der Waals surface area contributed by atoms with Gasteiger partial charge in [-0.25, -0.2) is 0 Å². The van der Waals surface area contributed by atoms with Gasteiger partial charge in [0, 0.05) is 22.4 Å². The van der Waals surface area contributed by atoms with Gasteiger partial charge in [0.1, 0.15) is 0 Å². The van der Waals surface area contributed by atoms with Crippen molar-refractivity contribution < 1.29 is 0 Å². The standard InChI is InChI=1S/C59H45N/c1-3-46(50-30-19-32-55-58(50)51-29-15-17-31-54(51)59(55,43-20-7-4-8-21-43)44-22-9-5-10-23-44)47-26-13-14-27-48(47)52-38-41(35-34-40(52)2)42-36-37-57-53(39-42)49-28-16-18-33-56(49)60(57)45-24-11-6-12-25-45/h4-39,46H,3H2,1-2H3. The third-order valence-electron chi connectivity index (χ3n) is 13.2. The maximum Gasteiger partial charge on any atom is 0.0713 e. The van der Waals surface area contributed by atoms with E-state index < -0.39 is 5.41 Å². The van der Waals surface area contributed by atoms with E-state index >= 15 is 0 Å². The first-order chi connectivity index (χ1) is 29.7. The summed E-state index contributed by atoms with van der Waals surface area (Å²) in [6, 6.07) is 81.2. The number of benzene rings is 9. The predicted octanol–water partition coefficient (Wildman–Crippen LogP) is 15.3. The Morgan fingerprint density at radius 2 is 1.00 bits per heavy atom. The molecule has 10 aromatic rings. The number of aromatic nitrogens is 1. The molecule has 0 spiro atoms. The van der Waals surface area contributed by atoms with Gasteiger partial charge in [-0.3, -0.25) is 0 Å². The zero-order chi connectivity index (χ0) is 40.2. The fourth-order valence-electron chi connectivity index (χ4n) is 10.6. The first kappa shape index (κ1) is 35.9. The summed E-state index contributed by atoms with van der Waals surface area (Å²) in [5.41, 5.74) is 20.2. The molecule has 1 heterocycles. The number of hydrogen-bond donors (Lipinski definition) is 0. The second-order valence-corrected chi connectivity index (χ2v) is 16.3. The van der Waals surface area contributed by atoms with E-state index in [2.05, 4.69) is 237 Å². The van der Waals surface area contributed by atoms with Crippen LogP contribution in [-0.4, -0.2) is 4.57 Å². The van der Waals surface area contributed by atoms with Gasteiger partial charge in [-0.2, -0.15) is 0 Å². The molecule has 0 fully saturated rings. The Hall–Kier alpha value is -7.22. The number of hydrogen-bond acceptors (Lipinski definition) is 0. The predicted molar refractivity (Wildman–Crippen MR) is 252 cm³/mol. The summed E-state index contributed by atoms with van der Waals surface area (Å²) in [6.45, 7) is 4.62. The van der Waals surface area contributed by atoms with E-state index in [1.165, 1.54) is 99.8 Å². The summed E-state index contributed by atoms with van der Waals surface area (Å²) < 4.78 is 2.39. The Labute approximate surface area is 352 Å². The van der Waals surface area contributed by atoms with Crippen LogP contribution in [0.15, 0.2) is 218 Å². The largest absolute Gasteiger partial charge is 0.309 e. The summed E-state index contributed by atoms with van der Waals surface area (Å²) >= 11 is 0. The molecule has 1 aliphatic carbocycles. The van der Waals surface area contributed by atoms with Crippen LogP contribution in [0.5, 0.6) is 0 Å². The third-order valence-corrected chi connectivity index (χ3v) is 13.2. The van der Waals surface area contributed by atoms with Gasteiger partial charge in [0.2, 0.25) is 0 Å². The number of fused-ring (bicyclic) bond motifs is 6. The van der Waals surface area contributed by atoms with Gasteiger partial charge in [-0.1, -0.05) is 189 Å². The molecule has 0 amide bonds. The lowest BCUT2D eigenvalue weighted by molar-refractivity contribution is 0.757. The van der Waals surface area contributed by atoms with Crippen molar-refractivity contribution in [2.75, 3.05) is 0 Å². The van der Waals surface area contributed by atoms with Crippen molar-refractivity contribution >= 4 is 21.8 Å². The highest BCUT2D eigenvalue weighted by Gasteiger charge is 2.47. The van der Waals surface area contributed by atoms with Gasteiger partial charge in [-0.05, 0) is 122 Å². The second-order valence-electron chi connectivity index (χ2n) is 16.3. The molecule has 0 aliphatic heterocycles. The fraction of sp³-hybridized carbons (Fsp3) is 0.0847. The molecule has 0 radical (unpaired) electrons. The average Bonchev–Trinajstić information content (AvgIpc) is 3.81. The van der Waals surface area contributed by atoms with E-state index in [0.29, 0.717) is 0 Å². The molecule has 11 rings (SSSR count). The molecule has 1 nitrogen and oxygen atoms in total. The number of nitrogens with zero attached hydrogens (tertiary/aromatic N) is 1. The first-order valence-corrected chi connectivity index (χ1v) is 21.3. The summed E-state index contributed by atoms with van der Waals surface area (Å²) in [6.07, 6.45) is 0.972. The second kappa shape index (κ2) is 14.6. The van der Waals surface area contributed by atoms with Crippen molar-refractivity contribution in [3.63, 3.8) is 0 Å². The minimum Gasteiger partial charge on any atom is -0.309 e. The Kier molecular flexibility index (Phi) is 8.71. The van der Waals surface area contributed by atoms with Crippen LogP contribution in [0, 0.1) is 6.92 Å². The lowest BCUT2D eigenvalue weighted by atomic mass is 9.67. The molecule has 0 N–H and O–H groups in total. The quantitative estimate of drug-likeness (QED) is 0.145. The van der Waals surface area contributed by atoms with Crippen molar-refractivity contribution in [2.45, 2.75) is 31.6 Å². The zero-order valence-corrected chi connectivity index (χ0v) is 34.0. The third kappa shape index (κ3) is 5.46. The lowest BCUT2D eigenvalue weighted by Crippen LogP contribution is -2.28. The molecule has 0 saturated carbocycles. The molecule has 60 heavy (non-hydrogen) atoms. The Balaban J connectivity index is 1.07. The highest BCUT2D eigenvalue weighted by atomic mass is 15.0. The van der Waals surface area contributed by atoms with Crippen LogP contribution in [0.4, 0.5) is 0 Å². The molecule has 0 saturated heterocycles. The Bertz CT molecular complexity index is 3150. The molecular formula is C59H45N. The smallest absolute Gasteiger partial charge is 0.0713 e. The van der Waals surface area contributed by atoms with Gasteiger partial charge in [-0.15, -0.1) is 0 Å². The molecule has 1 aromatic heterocycles. The molecule has 0 bridgehead atoms.